The number of benzene rings is 1. The molecule has 19 heavy (non-hydrogen) atoms. The fourth-order valence-corrected chi connectivity index (χ4v) is 2.01. The Balaban J connectivity index is 2.67. The molecule has 0 N–H and O–H groups in total. The second-order valence-corrected chi connectivity index (χ2v) is 4.60. The summed E-state index contributed by atoms with van der Waals surface area (Å²) in [5.41, 5.74) is -0.543. The van der Waals surface area contributed by atoms with Crippen LogP contribution in [0.2, 0.25) is 0 Å². The third-order valence-electron chi connectivity index (χ3n) is 2.76. The molecule has 0 atom stereocenters. The second-order valence-electron chi connectivity index (χ2n) is 4.60. The number of nitrogens with zero attached hydrogens (tertiary/aromatic N) is 2. The van der Waals surface area contributed by atoms with Crippen LogP contribution in [0.1, 0.15) is 25.3 Å². The molecule has 0 saturated heterocycles. The van der Waals surface area contributed by atoms with Crippen molar-refractivity contribution >= 4 is 10.9 Å². The molecule has 7 heteroatoms. The van der Waals surface area contributed by atoms with Crippen LogP contribution in [-0.2, 0) is 6.54 Å². The topological polar surface area (TPSA) is 17.8 Å². The number of hydrogen-bond acceptors (Lipinski definition) is 1. The zero-order chi connectivity index (χ0) is 14.4. The highest BCUT2D eigenvalue weighted by atomic mass is 19.4. The number of aromatic nitrogens is 2. The average molecular weight is 278 g/mol. The van der Waals surface area contributed by atoms with Gasteiger partial charge in [0.1, 0.15) is 17.9 Å². The van der Waals surface area contributed by atoms with Crippen molar-refractivity contribution in [3.63, 3.8) is 0 Å². The highest BCUT2D eigenvalue weighted by Crippen LogP contribution is 2.30. The third-order valence-corrected chi connectivity index (χ3v) is 2.76. The molecule has 0 unspecified atom stereocenters. The smallest absolute Gasteiger partial charge is 0.253 e. The monoisotopic (exact) mass is 278 g/mol. The van der Waals surface area contributed by atoms with Crippen molar-refractivity contribution in [1.29, 1.82) is 0 Å². The molecular weight excluding hydrogens is 267 g/mol. The van der Waals surface area contributed by atoms with Gasteiger partial charge in [-0.25, -0.2) is 8.78 Å². The van der Waals surface area contributed by atoms with Crippen LogP contribution in [0.5, 0.6) is 0 Å². The first kappa shape index (κ1) is 13.8. The largest absolute Gasteiger partial charge is 0.408 e. The summed E-state index contributed by atoms with van der Waals surface area (Å²) in [6.07, 6.45) is -3.49. The average Bonchev–Trinajstić information content (AvgIpc) is 2.57. The lowest BCUT2D eigenvalue weighted by Gasteiger charge is -2.12. The van der Waals surface area contributed by atoms with Gasteiger partial charge in [0, 0.05) is 10.9 Å². The predicted octanol–water partition coefficient (Wildman–Crippen LogP) is 4.00. The lowest BCUT2D eigenvalue weighted by molar-refractivity contribution is -0.141. The summed E-state index contributed by atoms with van der Waals surface area (Å²) in [6, 6.07) is 1.01. The fourth-order valence-electron chi connectivity index (χ4n) is 2.01. The van der Waals surface area contributed by atoms with Crippen molar-refractivity contribution in [2.24, 2.45) is 0 Å². The summed E-state index contributed by atoms with van der Waals surface area (Å²) in [5, 5.41) is 3.49. The van der Waals surface area contributed by atoms with Crippen molar-refractivity contribution in [3.05, 3.63) is 29.5 Å². The van der Waals surface area contributed by atoms with Crippen molar-refractivity contribution < 1.29 is 22.0 Å². The van der Waals surface area contributed by atoms with Gasteiger partial charge in [0.05, 0.1) is 6.20 Å². The molecule has 1 aromatic heterocycles. The third kappa shape index (κ3) is 2.54. The van der Waals surface area contributed by atoms with Gasteiger partial charge in [0.25, 0.3) is 0 Å². The van der Waals surface area contributed by atoms with Gasteiger partial charge in [0.2, 0.25) is 0 Å². The van der Waals surface area contributed by atoms with Gasteiger partial charge in [-0.05, 0) is 12.0 Å². The van der Waals surface area contributed by atoms with Crippen LogP contribution in [0, 0.1) is 11.6 Å². The van der Waals surface area contributed by atoms with Crippen LogP contribution in [-0.4, -0.2) is 16.0 Å². The number of halogens is 5. The molecule has 0 radical (unpaired) electrons. The summed E-state index contributed by atoms with van der Waals surface area (Å²) < 4.78 is 65.4. The molecule has 0 aliphatic heterocycles. The highest BCUT2D eigenvalue weighted by molar-refractivity contribution is 5.80. The molecule has 0 aliphatic rings. The molecule has 1 heterocycles. The van der Waals surface area contributed by atoms with Crippen LogP contribution in [0.4, 0.5) is 22.0 Å². The van der Waals surface area contributed by atoms with E-state index >= 15 is 0 Å². The van der Waals surface area contributed by atoms with E-state index in [2.05, 4.69) is 5.10 Å². The van der Waals surface area contributed by atoms with Gasteiger partial charge in [-0.2, -0.15) is 18.3 Å². The summed E-state index contributed by atoms with van der Waals surface area (Å²) in [4.78, 5) is 0. The molecule has 0 aliphatic carbocycles. The first-order chi connectivity index (χ1) is 8.70. The Morgan fingerprint density at radius 2 is 1.89 bits per heavy atom. The zero-order valence-electron chi connectivity index (χ0n) is 10.2. The first-order valence-corrected chi connectivity index (χ1v) is 5.61. The maximum Gasteiger partial charge on any atom is 0.408 e. The maximum atomic E-state index is 14.2. The van der Waals surface area contributed by atoms with Gasteiger partial charge >= 0.3 is 6.18 Å². The fraction of sp³-hybridized carbons (Fsp3) is 0.417. The Bertz CT molecular complexity index is 613. The first-order valence-electron chi connectivity index (χ1n) is 5.61. The van der Waals surface area contributed by atoms with Crippen molar-refractivity contribution in [2.75, 3.05) is 0 Å². The van der Waals surface area contributed by atoms with Gasteiger partial charge in [-0.3, -0.25) is 4.68 Å². The van der Waals surface area contributed by atoms with E-state index in [0.29, 0.717) is 4.68 Å². The van der Waals surface area contributed by atoms with E-state index < -0.39 is 30.3 Å². The molecule has 0 fully saturated rings. The van der Waals surface area contributed by atoms with Gasteiger partial charge < -0.3 is 0 Å². The molecule has 2 nitrogen and oxygen atoms in total. The molecule has 104 valence electrons. The Labute approximate surface area is 105 Å². The van der Waals surface area contributed by atoms with E-state index in [1.54, 1.807) is 13.8 Å². The van der Waals surface area contributed by atoms with Gasteiger partial charge in [-0.1, -0.05) is 13.8 Å². The summed E-state index contributed by atoms with van der Waals surface area (Å²) in [6.45, 7) is 1.73. The van der Waals surface area contributed by atoms with Crippen LogP contribution >= 0.6 is 0 Å². The van der Waals surface area contributed by atoms with Crippen LogP contribution < -0.4 is 0 Å². The molecule has 0 bridgehead atoms. The second kappa shape index (κ2) is 4.47. The molecular formula is C12H11F5N2. The minimum Gasteiger partial charge on any atom is -0.253 e. The normalized spacial score (nSPS) is 12.6. The lowest BCUT2D eigenvalue weighted by atomic mass is 10.0. The minimum absolute atomic E-state index is 0.0173. The predicted molar refractivity (Wildman–Crippen MR) is 59.8 cm³/mol. The van der Waals surface area contributed by atoms with Crippen LogP contribution in [0.15, 0.2) is 12.3 Å². The molecule has 2 rings (SSSR count). The van der Waals surface area contributed by atoms with E-state index in [1.165, 1.54) is 0 Å². The van der Waals surface area contributed by atoms with Gasteiger partial charge in [-0.15, -0.1) is 0 Å². The zero-order valence-corrected chi connectivity index (χ0v) is 10.2. The van der Waals surface area contributed by atoms with Crippen LogP contribution in [0.25, 0.3) is 10.9 Å². The van der Waals surface area contributed by atoms with E-state index in [9.17, 15) is 22.0 Å². The summed E-state index contributed by atoms with van der Waals surface area (Å²) in [7, 11) is 0. The number of hydrogen-bond donors (Lipinski definition) is 0. The van der Waals surface area contributed by atoms with E-state index in [4.69, 9.17) is 0 Å². The number of fused-ring (bicyclic) bond motifs is 1. The van der Waals surface area contributed by atoms with Crippen LogP contribution in [0.3, 0.4) is 0 Å². The quantitative estimate of drug-likeness (QED) is 0.759. The van der Waals surface area contributed by atoms with Crippen molar-refractivity contribution in [1.82, 2.24) is 9.78 Å². The maximum absolute atomic E-state index is 14.2. The molecule has 1 aromatic carbocycles. The van der Waals surface area contributed by atoms with Gasteiger partial charge in [0.15, 0.2) is 5.82 Å². The SMILES string of the molecule is CC(C)c1c(F)cc2cnn(CC(F)(F)F)c2c1F. The number of rotatable bonds is 2. The molecule has 2 aromatic rings. The van der Waals surface area contributed by atoms with E-state index in [1.807, 2.05) is 0 Å². The molecule has 0 amide bonds. The van der Waals surface area contributed by atoms with E-state index in [-0.39, 0.29) is 16.5 Å². The van der Waals surface area contributed by atoms with Crippen molar-refractivity contribution in [3.8, 4) is 0 Å². The Morgan fingerprint density at radius 1 is 1.26 bits per heavy atom. The Hall–Kier alpha value is -1.66. The highest BCUT2D eigenvalue weighted by Gasteiger charge is 2.30. The van der Waals surface area contributed by atoms with E-state index in [0.717, 1.165) is 12.3 Å². The molecule has 0 saturated carbocycles. The minimum atomic E-state index is -4.52. The lowest BCUT2D eigenvalue weighted by Crippen LogP contribution is -2.19. The Morgan fingerprint density at radius 3 is 2.42 bits per heavy atom. The Kier molecular flexibility index (Phi) is 3.24. The number of alkyl halides is 3. The standard InChI is InChI=1S/C12H11F5N2/c1-6(2)9-8(13)3-7-4-18-19(5-12(15,16)17)11(7)10(9)14/h3-4,6H,5H2,1-2H3. The van der Waals surface area contributed by atoms with Crippen molar-refractivity contribution in [2.45, 2.75) is 32.5 Å². The summed E-state index contributed by atoms with van der Waals surface area (Å²) in [5.74, 6) is -2.23. The molecule has 0 spiro atoms. The summed E-state index contributed by atoms with van der Waals surface area (Å²) >= 11 is 0.